The predicted octanol–water partition coefficient (Wildman–Crippen LogP) is 3.82. The van der Waals surface area contributed by atoms with Crippen molar-refractivity contribution in [3.63, 3.8) is 0 Å². The maximum absolute atomic E-state index is 5.66. The monoisotopic (exact) mass is 218 g/mol. The lowest BCUT2D eigenvalue weighted by Crippen LogP contribution is -2.40. The third kappa shape index (κ3) is 3.08. The summed E-state index contributed by atoms with van der Waals surface area (Å²) in [4.78, 5) is 0. The van der Waals surface area contributed by atoms with E-state index in [0.29, 0.717) is 6.10 Å². The van der Waals surface area contributed by atoms with E-state index in [1.165, 1.54) is 37.7 Å². The SMILES string of the molecule is CCCCCC1OCC1Cc1ccccc1. The van der Waals surface area contributed by atoms with Crippen LogP contribution in [0.2, 0.25) is 0 Å². The van der Waals surface area contributed by atoms with E-state index in [2.05, 4.69) is 37.3 Å². The Bertz CT molecular complexity index is 294. The Morgan fingerprint density at radius 2 is 2.00 bits per heavy atom. The minimum absolute atomic E-state index is 0.534. The number of ether oxygens (including phenoxy) is 1. The smallest absolute Gasteiger partial charge is 0.0628 e. The summed E-state index contributed by atoms with van der Waals surface area (Å²) < 4.78 is 5.66. The molecule has 0 bridgehead atoms. The summed E-state index contributed by atoms with van der Waals surface area (Å²) in [7, 11) is 0. The van der Waals surface area contributed by atoms with Crippen molar-refractivity contribution in [2.45, 2.75) is 45.1 Å². The van der Waals surface area contributed by atoms with E-state index in [4.69, 9.17) is 4.74 Å². The Hall–Kier alpha value is -0.820. The highest BCUT2D eigenvalue weighted by Crippen LogP contribution is 2.28. The summed E-state index contributed by atoms with van der Waals surface area (Å²) in [6.07, 6.45) is 6.95. The topological polar surface area (TPSA) is 9.23 Å². The van der Waals surface area contributed by atoms with Gasteiger partial charge >= 0.3 is 0 Å². The quantitative estimate of drug-likeness (QED) is 0.659. The zero-order valence-corrected chi connectivity index (χ0v) is 10.2. The van der Waals surface area contributed by atoms with Crippen LogP contribution in [0.25, 0.3) is 0 Å². The number of hydrogen-bond acceptors (Lipinski definition) is 1. The molecule has 1 aliphatic heterocycles. The molecule has 0 N–H and O–H groups in total. The summed E-state index contributed by atoms with van der Waals surface area (Å²) in [5, 5.41) is 0. The van der Waals surface area contributed by atoms with Crippen LogP contribution in [-0.4, -0.2) is 12.7 Å². The fourth-order valence-corrected chi connectivity index (χ4v) is 2.39. The molecule has 2 unspecified atom stereocenters. The number of hydrogen-bond donors (Lipinski definition) is 0. The third-order valence-corrected chi connectivity index (χ3v) is 3.48. The second kappa shape index (κ2) is 6.05. The van der Waals surface area contributed by atoms with Crippen molar-refractivity contribution >= 4 is 0 Å². The zero-order chi connectivity index (χ0) is 11.2. The minimum atomic E-state index is 0.534. The minimum Gasteiger partial charge on any atom is -0.377 e. The van der Waals surface area contributed by atoms with E-state index in [0.717, 1.165) is 12.5 Å². The molecule has 1 aromatic rings. The average Bonchev–Trinajstić information content (AvgIpc) is 2.32. The highest BCUT2D eigenvalue weighted by molar-refractivity contribution is 5.16. The van der Waals surface area contributed by atoms with Crippen LogP contribution in [0, 0.1) is 5.92 Å². The Labute approximate surface area is 98.8 Å². The van der Waals surface area contributed by atoms with Gasteiger partial charge in [-0.05, 0) is 18.4 Å². The molecule has 1 heterocycles. The van der Waals surface area contributed by atoms with E-state index in [9.17, 15) is 0 Å². The van der Waals surface area contributed by atoms with Crippen LogP contribution >= 0.6 is 0 Å². The van der Waals surface area contributed by atoms with Crippen molar-refractivity contribution in [2.24, 2.45) is 5.92 Å². The number of benzene rings is 1. The second-order valence-electron chi connectivity index (χ2n) is 4.82. The van der Waals surface area contributed by atoms with Crippen LogP contribution in [0.4, 0.5) is 0 Å². The van der Waals surface area contributed by atoms with Gasteiger partial charge in [0.25, 0.3) is 0 Å². The molecule has 1 heteroatoms. The first-order chi connectivity index (χ1) is 7.90. The predicted molar refractivity (Wildman–Crippen MR) is 67.5 cm³/mol. The van der Waals surface area contributed by atoms with Crippen molar-refractivity contribution < 1.29 is 4.74 Å². The van der Waals surface area contributed by atoms with E-state index >= 15 is 0 Å². The molecule has 0 saturated carbocycles. The van der Waals surface area contributed by atoms with Gasteiger partial charge in [0.2, 0.25) is 0 Å². The van der Waals surface area contributed by atoms with Crippen molar-refractivity contribution in [2.75, 3.05) is 6.61 Å². The molecular weight excluding hydrogens is 196 g/mol. The molecule has 0 amide bonds. The van der Waals surface area contributed by atoms with Crippen LogP contribution in [-0.2, 0) is 11.2 Å². The fourth-order valence-electron chi connectivity index (χ4n) is 2.39. The summed E-state index contributed by atoms with van der Waals surface area (Å²) in [5.41, 5.74) is 1.45. The first-order valence-electron chi connectivity index (χ1n) is 6.55. The third-order valence-electron chi connectivity index (χ3n) is 3.48. The molecule has 1 fully saturated rings. The van der Waals surface area contributed by atoms with Crippen LogP contribution in [0.1, 0.15) is 38.2 Å². The van der Waals surface area contributed by atoms with Crippen LogP contribution < -0.4 is 0 Å². The van der Waals surface area contributed by atoms with Crippen molar-refractivity contribution in [3.8, 4) is 0 Å². The maximum atomic E-state index is 5.66. The molecule has 16 heavy (non-hydrogen) atoms. The number of unbranched alkanes of at least 4 members (excludes halogenated alkanes) is 2. The Kier molecular flexibility index (Phi) is 4.41. The van der Waals surface area contributed by atoms with Gasteiger partial charge in [-0.25, -0.2) is 0 Å². The lowest BCUT2D eigenvalue weighted by Gasteiger charge is -2.37. The molecule has 88 valence electrons. The van der Waals surface area contributed by atoms with Crippen LogP contribution in [0.3, 0.4) is 0 Å². The first kappa shape index (κ1) is 11.7. The summed E-state index contributed by atoms with van der Waals surface area (Å²) in [6, 6.07) is 10.8. The standard InChI is InChI=1S/C15H22O/c1-2-3-5-10-15-14(12-16-15)11-13-8-6-4-7-9-13/h4,6-9,14-15H,2-3,5,10-12H2,1H3. The van der Waals surface area contributed by atoms with Gasteiger partial charge in [0.15, 0.2) is 0 Å². The van der Waals surface area contributed by atoms with E-state index in [-0.39, 0.29) is 0 Å². The Morgan fingerprint density at radius 3 is 2.62 bits per heavy atom. The molecule has 0 aliphatic carbocycles. The van der Waals surface area contributed by atoms with E-state index in [1.807, 2.05) is 0 Å². The van der Waals surface area contributed by atoms with Gasteiger partial charge in [-0.15, -0.1) is 0 Å². The zero-order valence-electron chi connectivity index (χ0n) is 10.2. The van der Waals surface area contributed by atoms with Gasteiger partial charge in [0.05, 0.1) is 12.7 Å². The van der Waals surface area contributed by atoms with Gasteiger partial charge in [0.1, 0.15) is 0 Å². The normalized spacial score (nSPS) is 24.1. The Balaban J connectivity index is 1.74. The molecule has 1 saturated heterocycles. The summed E-state index contributed by atoms with van der Waals surface area (Å²) in [6.45, 7) is 3.22. The van der Waals surface area contributed by atoms with Gasteiger partial charge in [-0.1, -0.05) is 56.5 Å². The average molecular weight is 218 g/mol. The highest BCUT2D eigenvalue weighted by atomic mass is 16.5. The molecule has 1 nitrogen and oxygen atoms in total. The van der Waals surface area contributed by atoms with E-state index in [1.54, 1.807) is 0 Å². The molecule has 1 aliphatic rings. The summed E-state index contributed by atoms with van der Waals surface area (Å²) >= 11 is 0. The molecule has 0 aromatic heterocycles. The largest absolute Gasteiger partial charge is 0.377 e. The molecule has 2 atom stereocenters. The molecule has 0 spiro atoms. The van der Waals surface area contributed by atoms with Crippen molar-refractivity contribution in [1.29, 1.82) is 0 Å². The highest BCUT2D eigenvalue weighted by Gasteiger charge is 2.31. The van der Waals surface area contributed by atoms with Crippen molar-refractivity contribution in [1.82, 2.24) is 0 Å². The molecule has 2 rings (SSSR count). The van der Waals surface area contributed by atoms with Crippen LogP contribution in [0.15, 0.2) is 30.3 Å². The fraction of sp³-hybridized carbons (Fsp3) is 0.600. The lowest BCUT2D eigenvalue weighted by molar-refractivity contribution is -0.118. The van der Waals surface area contributed by atoms with Gasteiger partial charge in [0, 0.05) is 5.92 Å². The summed E-state index contributed by atoms with van der Waals surface area (Å²) in [5.74, 6) is 0.763. The number of rotatable bonds is 6. The maximum Gasteiger partial charge on any atom is 0.0628 e. The molecular formula is C15H22O. The van der Waals surface area contributed by atoms with Gasteiger partial charge in [-0.2, -0.15) is 0 Å². The lowest BCUT2D eigenvalue weighted by atomic mass is 9.87. The Morgan fingerprint density at radius 1 is 1.19 bits per heavy atom. The van der Waals surface area contributed by atoms with Gasteiger partial charge < -0.3 is 4.74 Å². The second-order valence-corrected chi connectivity index (χ2v) is 4.82. The molecule has 0 radical (unpaired) electrons. The van der Waals surface area contributed by atoms with Crippen LogP contribution in [0.5, 0.6) is 0 Å². The van der Waals surface area contributed by atoms with E-state index < -0.39 is 0 Å². The first-order valence-corrected chi connectivity index (χ1v) is 6.55. The van der Waals surface area contributed by atoms with Gasteiger partial charge in [-0.3, -0.25) is 0 Å². The molecule has 1 aromatic carbocycles. The van der Waals surface area contributed by atoms with Crippen molar-refractivity contribution in [3.05, 3.63) is 35.9 Å².